The van der Waals surface area contributed by atoms with E-state index in [0.29, 0.717) is 19.3 Å². The second-order valence-corrected chi connectivity index (χ2v) is 20.6. The molecule has 0 N–H and O–H groups in total. The Morgan fingerprint density at radius 1 is 0.284 bits per heavy atom. The van der Waals surface area contributed by atoms with Crippen molar-refractivity contribution >= 4 is 17.9 Å². The van der Waals surface area contributed by atoms with E-state index >= 15 is 0 Å². The monoisotopic (exact) mass is 1030 g/mol. The lowest BCUT2D eigenvalue weighted by atomic mass is 10.0. The third kappa shape index (κ3) is 59.2. The van der Waals surface area contributed by atoms with E-state index in [1.54, 1.807) is 0 Å². The maximum atomic E-state index is 12.8. The van der Waals surface area contributed by atoms with Crippen molar-refractivity contribution in [3.05, 3.63) is 97.2 Å². The normalized spacial score (nSPS) is 12.7. The molecule has 0 saturated heterocycles. The molecule has 6 nitrogen and oxygen atoms in total. The zero-order valence-corrected chi connectivity index (χ0v) is 48.6. The van der Waals surface area contributed by atoms with E-state index < -0.39 is 12.1 Å². The lowest BCUT2D eigenvalue weighted by molar-refractivity contribution is -0.166. The zero-order chi connectivity index (χ0) is 53.6. The van der Waals surface area contributed by atoms with Gasteiger partial charge in [0.25, 0.3) is 0 Å². The minimum absolute atomic E-state index is 0.127. The molecule has 0 amide bonds. The summed E-state index contributed by atoms with van der Waals surface area (Å²) in [6, 6.07) is 0. The summed E-state index contributed by atoms with van der Waals surface area (Å²) in [6.07, 6.45) is 83.4. The van der Waals surface area contributed by atoms with Gasteiger partial charge < -0.3 is 14.2 Å². The van der Waals surface area contributed by atoms with Gasteiger partial charge in [-0.2, -0.15) is 0 Å². The fourth-order valence-corrected chi connectivity index (χ4v) is 8.77. The number of hydrogen-bond donors (Lipinski definition) is 0. The van der Waals surface area contributed by atoms with Crippen molar-refractivity contribution in [3.8, 4) is 0 Å². The van der Waals surface area contributed by atoms with E-state index in [2.05, 4.69) is 93.7 Å². The van der Waals surface area contributed by atoms with Crippen LogP contribution in [0.5, 0.6) is 0 Å². The van der Waals surface area contributed by atoms with E-state index in [4.69, 9.17) is 14.2 Å². The first kappa shape index (κ1) is 70.3. The maximum absolute atomic E-state index is 12.8. The average Bonchev–Trinajstić information content (AvgIpc) is 3.40. The molecule has 74 heavy (non-hydrogen) atoms. The number of ether oxygens (including phenoxy) is 3. The van der Waals surface area contributed by atoms with Gasteiger partial charge in [0.05, 0.1) is 0 Å². The summed E-state index contributed by atoms with van der Waals surface area (Å²) >= 11 is 0. The second-order valence-electron chi connectivity index (χ2n) is 20.6. The van der Waals surface area contributed by atoms with Crippen molar-refractivity contribution in [2.75, 3.05) is 13.2 Å². The second kappa shape index (κ2) is 61.9. The van der Waals surface area contributed by atoms with Crippen LogP contribution in [0.3, 0.4) is 0 Å². The molecular formula is C68H116O6. The Morgan fingerprint density at radius 3 is 0.824 bits per heavy atom. The molecule has 0 aromatic heterocycles. The van der Waals surface area contributed by atoms with Crippen LogP contribution in [0.1, 0.15) is 297 Å². The minimum Gasteiger partial charge on any atom is -0.462 e. The van der Waals surface area contributed by atoms with Gasteiger partial charge in [-0.3, -0.25) is 14.4 Å². The van der Waals surface area contributed by atoms with Gasteiger partial charge in [0.1, 0.15) is 13.2 Å². The lowest BCUT2D eigenvalue weighted by Gasteiger charge is -2.18. The van der Waals surface area contributed by atoms with E-state index in [9.17, 15) is 14.4 Å². The summed E-state index contributed by atoms with van der Waals surface area (Å²) in [5, 5.41) is 0. The van der Waals surface area contributed by atoms with Crippen LogP contribution in [-0.2, 0) is 28.6 Å². The van der Waals surface area contributed by atoms with Crippen LogP contribution in [0.4, 0.5) is 0 Å². The van der Waals surface area contributed by atoms with Gasteiger partial charge in [-0.15, -0.1) is 0 Å². The molecule has 0 spiro atoms. The van der Waals surface area contributed by atoms with Crippen LogP contribution in [-0.4, -0.2) is 37.2 Å². The highest BCUT2D eigenvalue weighted by molar-refractivity contribution is 5.71. The molecule has 6 heteroatoms. The Hall–Kier alpha value is -3.67. The SMILES string of the molecule is CC/C=C\C/C=C\C/C=C\C/C=C\CCC(=O)OCC(COC(=O)CCCCCCCCCCCCCCCCCCCCCCCCCCCCCCCC)OC(=O)CC/C=C\C/C=C\C/C=C\C/C=C\CC. The molecule has 0 saturated carbocycles. The van der Waals surface area contributed by atoms with E-state index in [0.717, 1.165) is 70.6 Å². The summed E-state index contributed by atoms with van der Waals surface area (Å²) in [6.45, 7) is 6.30. The molecule has 0 aliphatic heterocycles. The van der Waals surface area contributed by atoms with Gasteiger partial charge in [0, 0.05) is 19.3 Å². The number of esters is 3. The van der Waals surface area contributed by atoms with Gasteiger partial charge in [-0.05, 0) is 70.6 Å². The van der Waals surface area contributed by atoms with Crippen molar-refractivity contribution in [3.63, 3.8) is 0 Å². The topological polar surface area (TPSA) is 78.9 Å². The molecule has 0 aromatic rings. The molecule has 1 unspecified atom stereocenters. The largest absolute Gasteiger partial charge is 0.462 e. The van der Waals surface area contributed by atoms with Crippen LogP contribution in [0, 0.1) is 0 Å². The fraction of sp³-hybridized carbons (Fsp3) is 0.721. The molecule has 0 aliphatic carbocycles. The quantitative estimate of drug-likeness (QED) is 0.0261. The molecule has 424 valence electrons. The smallest absolute Gasteiger partial charge is 0.306 e. The van der Waals surface area contributed by atoms with Crippen LogP contribution in [0.15, 0.2) is 97.2 Å². The first-order chi connectivity index (χ1) is 36.5. The Labute approximate surface area is 457 Å². The third-order valence-electron chi connectivity index (χ3n) is 13.4. The van der Waals surface area contributed by atoms with Crippen molar-refractivity contribution < 1.29 is 28.6 Å². The van der Waals surface area contributed by atoms with Crippen LogP contribution in [0.25, 0.3) is 0 Å². The fourth-order valence-electron chi connectivity index (χ4n) is 8.77. The van der Waals surface area contributed by atoms with E-state index in [-0.39, 0.29) is 38.0 Å². The van der Waals surface area contributed by atoms with Crippen LogP contribution in [0.2, 0.25) is 0 Å². The van der Waals surface area contributed by atoms with Crippen molar-refractivity contribution in [2.24, 2.45) is 0 Å². The Bertz CT molecular complexity index is 1460. The molecule has 0 aliphatic rings. The number of carbonyl (C=O) groups is 3. The molecule has 0 bridgehead atoms. The highest BCUT2D eigenvalue weighted by Crippen LogP contribution is 2.17. The summed E-state index contributed by atoms with van der Waals surface area (Å²) in [7, 11) is 0. The first-order valence-electron chi connectivity index (χ1n) is 31.2. The predicted molar refractivity (Wildman–Crippen MR) is 320 cm³/mol. The van der Waals surface area contributed by atoms with Crippen molar-refractivity contribution in [2.45, 2.75) is 303 Å². The number of carbonyl (C=O) groups excluding carboxylic acids is 3. The number of hydrogen-bond acceptors (Lipinski definition) is 6. The third-order valence-corrected chi connectivity index (χ3v) is 13.4. The number of allylic oxidation sites excluding steroid dienone is 16. The summed E-state index contributed by atoms with van der Waals surface area (Å²) in [5.74, 6) is -1.09. The zero-order valence-electron chi connectivity index (χ0n) is 48.6. The van der Waals surface area contributed by atoms with Gasteiger partial charge >= 0.3 is 17.9 Å². The van der Waals surface area contributed by atoms with Crippen LogP contribution < -0.4 is 0 Å². The Kier molecular flexibility index (Phi) is 58.8. The molecule has 0 rings (SSSR count). The predicted octanol–water partition coefficient (Wildman–Crippen LogP) is 21.3. The highest BCUT2D eigenvalue weighted by Gasteiger charge is 2.19. The molecular weight excluding hydrogens is 913 g/mol. The van der Waals surface area contributed by atoms with Gasteiger partial charge in [-0.1, -0.05) is 304 Å². The summed E-state index contributed by atoms with van der Waals surface area (Å²) in [4.78, 5) is 38.0. The first-order valence-corrected chi connectivity index (χ1v) is 31.2. The maximum Gasteiger partial charge on any atom is 0.306 e. The van der Waals surface area contributed by atoms with Gasteiger partial charge in [-0.25, -0.2) is 0 Å². The lowest BCUT2D eigenvalue weighted by Crippen LogP contribution is -2.30. The highest BCUT2D eigenvalue weighted by atomic mass is 16.6. The Morgan fingerprint density at radius 2 is 0.527 bits per heavy atom. The number of unbranched alkanes of at least 4 members (excludes halogenated alkanes) is 29. The van der Waals surface area contributed by atoms with Gasteiger partial charge in [0.2, 0.25) is 0 Å². The summed E-state index contributed by atoms with van der Waals surface area (Å²) in [5.41, 5.74) is 0. The van der Waals surface area contributed by atoms with Crippen molar-refractivity contribution in [1.29, 1.82) is 0 Å². The van der Waals surface area contributed by atoms with Gasteiger partial charge in [0.15, 0.2) is 6.10 Å². The van der Waals surface area contributed by atoms with E-state index in [1.165, 1.54) is 173 Å². The standard InChI is InChI=1S/C68H116O6/c1-4-7-10-13-16-19-22-25-26-27-28-29-30-31-32-33-34-35-36-37-38-39-40-41-44-46-49-52-55-58-61-67(70)73-64-65(74-68(71)62-59-56-53-50-47-43-24-21-18-15-12-9-6-3)63-72-66(69)60-57-54-51-48-45-42-23-20-17-14-11-8-5-2/h8-9,11-12,17-18,20-21,42-43,45,47,51,53-54,56,65H,4-7,10,13-16,19,22-41,44,46,48-50,52,55,57-64H2,1-3H3/b11-8-,12-9-,20-17-,21-18-,45-42-,47-43-,54-51-,56-53-. The Balaban J connectivity index is 4.20. The van der Waals surface area contributed by atoms with E-state index in [1.807, 2.05) is 24.3 Å². The molecule has 0 fully saturated rings. The van der Waals surface area contributed by atoms with Crippen molar-refractivity contribution in [1.82, 2.24) is 0 Å². The minimum atomic E-state index is -0.844. The number of rotatable bonds is 56. The summed E-state index contributed by atoms with van der Waals surface area (Å²) < 4.78 is 16.7. The molecule has 0 radical (unpaired) electrons. The average molecular weight is 1030 g/mol. The molecule has 0 aromatic carbocycles. The van der Waals surface area contributed by atoms with Crippen LogP contribution >= 0.6 is 0 Å². The molecule has 0 heterocycles. The molecule has 1 atom stereocenters.